The summed E-state index contributed by atoms with van der Waals surface area (Å²) in [5.74, 6) is -0.421. The highest BCUT2D eigenvalue weighted by molar-refractivity contribution is 6.30. The lowest BCUT2D eigenvalue weighted by Gasteiger charge is -2.10. The van der Waals surface area contributed by atoms with Crippen molar-refractivity contribution in [1.82, 2.24) is 15.1 Å². The third-order valence-corrected chi connectivity index (χ3v) is 3.46. The van der Waals surface area contributed by atoms with Gasteiger partial charge in [0.05, 0.1) is 16.9 Å². The quantitative estimate of drug-likeness (QED) is 0.880. The summed E-state index contributed by atoms with van der Waals surface area (Å²) in [6.07, 6.45) is 3.77. The molecule has 0 unspecified atom stereocenters. The molecule has 1 heterocycles. The van der Waals surface area contributed by atoms with E-state index in [2.05, 4.69) is 24.3 Å². The Hall–Kier alpha value is -1.39. The van der Waals surface area contributed by atoms with E-state index in [9.17, 15) is 4.39 Å². The van der Waals surface area contributed by atoms with Crippen molar-refractivity contribution in [3.05, 3.63) is 46.5 Å². The van der Waals surface area contributed by atoms with E-state index < -0.39 is 5.82 Å². The molecule has 0 aliphatic carbocycles. The van der Waals surface area contributed by atoms with Crippen LogP contribution in [-0.2, 0) is 13.0 Å². The Morgan fingerprint density at radius 1 is 1.35 bits per heavy atom. The van der Waals surface area contributed by atoms with E-state index >= 15 is 0 Å². The standard InChI is InChI=1S/C15H19ClFN3/c1-3-5-15-11(9-18-4-2)10-19-20(15)12-6-7-13(16)14(17)8-12/h6-8,10,18H,3-5,9H2,1-2H3. The van der Waals surface area contributed by atoms with Gasteiger partial charge >= 0.3 is 0 Å². The average molecular weight is 296 g/mol. The molecule has 108 valence electrons. The van der Waals surface area contributed by atoms with E-state index in [0.717, 1.165) is 37.2 Å². The third kappa shape index (κ3) is 3.19. The number of hydrogen-bond donors (Lipinski definition) is 1. The zero-order chi connectivity index (χ0) is 14.5. The van der Waals surface area contributed by atoms with Gasteiger partial charge in [-0.1, -0.05) is 31.9 Å². The normalized spacial score (nSPS) is 11.0. The molecule has 1 aromatic heterocycles. The maximum absolute atomic E-state index is 13.6. The summed E-state index contributed by atoms with van der Waals surface area (Å²) < 4.78 is 15.4. The smallest absolute Gasteiger partial charge is 0.143 e. The van der Waals surface area contributed by atoms with Crippen LogP contribution in [0.5, 0.6) is 0 Å². The maximum atomic E-state index is 13.6. The second-order valence-electron chi connectivity index (χ2n) is 4.66. The fourth-order valence-electron chi connectivity index (χ4n) is 2.16. The first-order valence-corrected chi connectivity index (χ1v) is 7.27. The molecule has 0 radical (unpaired) electrons. The Balaban J connectivity index is 2.39. The molecule has 0 amide bonds. The van der Waals surface area contributed by atoms with Crippen LogP contribution in [0.4, 0.5) is 4.39 Å². The summed E-state index contributed by atoms with van der Waals surface area (Å²) in [6.45, 7) is 5.88. The lowest BCUT2D eigenvalue weighted by molar-refractivity contribution is 0.624. The van der Waals surface area contributed by atoms with E-state index in [-0.39, 0.29) is 5.02 Å². The molecule has 3 nitrogen and oxygen atoms in total. The first-order valence-electron chi connectivity index (χ1n) is 6.89. The predicted molar refractivity (Wildman–Crippen MR) is 79.9 cm³/mol. The molecule has 0 aliphatic heterocycles. The van der Waals surface area contributed by atoms with Gasteiger partial charge in [-0.05, 0) is 25.1 Å². The van der Waals surface area contributed by atoms with Crippen molar-refractivity contribution in [3.8, 4) is 5.69 Å². The molecular weight excluding hydrogens is 277 g/mol. The molecule has 0 bridgehead atoms. The molecule has 0 fully saturated rings. The monoisotopic (exact) mass is 295 g/mol. The molecule has 20 heavy (non-hydrogen) atoms. The van der Waals surface area contributed by atoms with Crippen molar-refractivity contribution in [3.63, 3.8) is 0 Å². The van der Waals surface area contributed by atoms with Gasteiger partial charge in [-0.2, -0.15) is 5.10 Å². The van der Waals surface area contributed by atoms with Crippen LogP contribution in [0.25, 0.3) is 5.69 Å². The second-order valence-corrected chi connectivity index (χ2v) is 5.06. The summed E-state index contributed by atoms with van der Waals surface area (Å²) in [6, 6.07) is 4.77. The summed E-state index contributed by atoms with van der Waals surface area (Å²) >= 11 is 5.73. The van der Waals surface area contributed by atoms with Crippen molar-refractivity contribution in [1.29, 1.82) is 0 Å². The van der Waals surface area contributed by atoms with Crippen LogP contribution in [0.2, 0.25) is 5.02 Å². The van der Waals surface area contributed by atoms with Gasteiger partial charge in [-0.25, -0.2) is 9.07 Å². The summed E-state index contributed by atoms with van der Waals surface area (Å²) in [4.78, 5) is 0. The molecule has 0 saturated heterocycles. The van der Waals surface area contributed by atoms with Gasteiger partial charge in [-0.15, -0.1) is 0 Å². The van der Waals surface area contributed by atoms with Gasteiger partial charge in [0.2, 0.25) is 0 Å². The highest BCUT2D eigenvalue weighted by atomic mass is 35.5. The van der Waals surface area contributed by atoms with Crippen LogP contribution in [0, 0.1) is 5.82 Å². The fraction of sp³-hybridized carbons (Fsp3) is 0.400. The minimum atomic E-state index is -0.421. The Labute approximate surface area is 123 Å². The highest BCUT2D eigenvalue weighted by Gasteiger charge is 2.12. The third-order valence-electron chi connectivity index (χ3n) is 3.16. The first-order chi connectivity index (χ1) is 9.67. The van der Waals surface area contributed by atoms with Crippen LogP contribution >= 0.6 is 11.6 Å². The van der Waals surface area contributed by atoms with Gasteiger partial charge in [-0.3, -0.25) is 0 Å². The number of hydrogen-bond acceptors (Lipinski definition) is 2. The molecule has 5 heteroatoms. The predicted octanol–water partition coefficient (Wildman–Crippen LogP) is 3.73. The average Bonchev–Trinajstić information content (AvgIpc) is 2.83. The van der Waals surface area contributed by atoms with Crippen LogP contribution in [0.15, 0.2) is 24.4 Å². The number of benzene rings is 1. The molecule has 2 aromatic rings. The van der Waals surface area contributed by atoms with Gasteiger partial charge < -0.3 is 5.32 Å². The molecule has 1 N–H and O–H groups in total. The summed E-state index contributed by atoms with van der Waals surface area (Å²) in [5.41, 5.74) is 2.98. The Morgan fingerprint density at radius 3 is 2.80 bits per heavy atom. The van der Waals surface area contributed by atoms with Crippen molar-refractivity contribution in [2.45, 2.75) is 33.2 Å². The minimum Gasteiger partial charge on any atom is -0.313 e. The maximum Gasteiger partial charge on any atom is 0.143 e. The van der Waals surface area contributed by atoms with Crippen molar-refractivity contribution in [2.75, 3.05) is 6.54 Å². The molecular formula is C15H19ClFN3. The summed E-state index contributed by atoms with van der Waals surface area (Å²) in [5, 5.41) is 7.83. The highest BCUT2D eigenvalue weighted by Crippen LogP contribution is 2.21. The molecule has 0 saturated carbocycles. The number of nitrogens with one attached hydrogen (secondary N) is 1. The van der Waals surface area contributed by atoms with Crippen LogP contribution in [-0.4, -0.2) is 16.3 Å². The second kappa shape index (κ2) is 6.86. The number of rotatable bonds is 6. The lowest BCUT2D eigenvalue weighted by atomic mass is 10.1. The Morgan fingerprint density at radius 2 is 2.15 bits per heavy atom. The topological polar surface area (TPSA) is 29.9 Å². The number of nitrogens with zero attached hydrogens (tertiary/aromatic N) is 2. The fourth-order valence-corrected chi connectivity index (χ4v) is 2.28. The van der Waals surface area contributed by atoms with Gasteiger partial charge in [0.1, 0.15) is 5.82 Å². The van der Waals surface area contributed by atoms with E-state index in [1.165, 1.54) is 6.07 Å². The molecule has 0 spiro atoms. The van der Waals surface area contributed by atoms with Crippen LogP contribution < -0.4 is 5.32 Å². The SMILES string of the molecule is CCCc1c(CNCC)cnn1-c1ccc(Cl)c(F)c1. The number of halogens is 2. The van der Waals surface area contributed by atoms with Gasteiger partial charge in [0, 0.05) is 23.9 Å². The first kappa shape index (κ1) is 15.0. The van der Waals surface area contributed by atoms with E-state index in [1.807, 2.05) is 6.20 Å². The van der Waals surface area contributed by atoms with E-state index in [4.69, 9.17) is 11.6 Å². The minimum absolute atomic E-state index is 0.130. The van der Waals surface area contributed by atoms with Crippen LogP contribution in [0.1, 0.15) is 31.5 Å². The Bertz CT molecular complexity index is 580. The Kier molecular flexibility index (Phi) is 5.15. The zero-order valence-corrected chi connectivity index (χ0v) is 12.5. The van der Waals surface area contributed by atoms with Gasteiger partial charge in [0.25, 0.3) is 0 Å². The van der Waals surface area contributed by atoms with Crippen molar-refractivity contribution in [2.24, 2.45) is 0 Å². The largest absolute Gasteiger partial charge is 0.313 e. The summed E-state index contributed by atoms with van der Waals surface area (Å²) in [7, 11) is 0. The van der Waals surface area contributed by atoms with Crippen LogP contribution in [0.3, 0.4) is 0 Å². The number of aromatic nitrogens is 2. The van der Waals surface area contributed by atoms with Crippen molar-refractivity contribution >= 4 is 11.6 Å². The molecule has 2 rings (SSSR count). The van der Waals surface area contributed by atoms with Crippen molar-refractivity contribution < 1.29 is 4.39 Å². The molecule has 0 aliphatic rings. The lowest BCUT2D eigenvalue weighted by Crippen LogP contribution is -2.13. The molecule has 1 aromatic carbocycles. The van der Waals surface area contributed by atoms with E-state index in [1.54, 1.807) is 16.8 Å². The van der Waals surface area contributed by atoms with E-state index in [0.29, 0.717) is 5.69 Å². The molecule has 0 atom stereocenters. The van der Waals surface area contributed by atoms with Gasteiger partial charge in [0.15, 0.2) is 0 Å². The zero-order valence-electron chi connectivity index (χ0n) is 11.8.